The molecule has 1 aliphatic rings. The molecule has 1 atom stereocenters. The molecule has 1 amide bonds. The fourth-order valence-corrected chi connectivity index (χ4v) is 2.17. The van der Waals surface area contributed by atoms with Crippen molar-refractivity contribution in [3.63, 3.8) is 0 Å². The van der Waals surface area contributed by atoms with E-state index in [1.54, 1.807) is 0 Å². The van der Waals surface area contributed by atoms with Crippen LogP contribution >= 0.6 is 0 Å². The Balaban J connectivity index is 1.46. The molecule has 8 heteroatoms. The lowest BCUT2D eigenvalue weighted by Crippen LogP contribution is -2.35. The number of rotatable bonds is 7. The maximum Gasteiger partial charge on any atom is 0.273 e. The molecule has 0 saturated heterocycles. The predicted octanol–water partition coefficient (Wildman–Crippen LogP) is 2.00. The minimum Gasteiger partial charge on any atom is -0.491 e. The summed E-state index contributed by atoms with van der Waals surface area (Å²) in [6, 6.07) is 3.07. The van der Waals surface area contributed by atoms with Crippen LogP contribution in [0.15, 0.2) is 29.0 Å². The van der Waals surface area contributed by atoms with Crippen molar-refractivity contribution < 1.29 is 27.8 Å². The van der Waals surface area contributed by atoms with Crippen LogP contribution in [0.4, 0.5) is 8.78 Å². The van der Waals surface area contributed by atoms with Crippen molar-refractivity contribution in [2.24, 2.45) is 0 Å². The predicted molar refractivity (Wildman–Crippen MR) is 78.7 cm³/mol. The molecule has 2 aromatic rings. The number of aliphatic hydroxyl groups excluding tert-OH is 1. The molecule has 1 fully saturated rings. The molecule has 0 spiro atoms. The van der Waals surface area contributed by atoms with Gasteiger partial charge < -0.3 is 19.6 Å². The molecule has 0 bridgehead atoms. The van der Waals surface area contributed by atoms with Gasteiger partial charge in [0.2, 0.25) is 0 Å². The molecule has 1 aliphatic carbocycles. The van der Waals surface area contributed by atoms with Gasteiger partial charge in [0.1, 0.15) is 24.2 Å². The molecular formula is C16H16F2N2O4. The number of oxazole rings is 1. The fraction of sp³-hybridized carbons (Fsp3) is 0.375. The second-order valence-corrected chi connectivity index (χ2v) is 5.59. The number of carbonyl (C=O) groups is 1. The lowest BCUT2D eigenvalue weighted by molar-refractivity contribution is 0.0838. The van der Waals surface area contributed by atoms with Crippen LogP contribution in [-0.4, -0.2) is 35.3 Å². The summed E-state index contributed by atoms with van der Waals surface area (Å²) < 4.78 is 36.2. The molecule has 128 valence electrons. The number of aromatic nitrogens is 1. The Morgan fingerprint density at radius 1 is 1.42 bits per heavy atom. The van der Waals surface area contributed by atoms with E-state index in [0.29, 0.717) is 5.76 Å². The molecule has 1 aromatic carbocycles. The van der Waals surface area contributed by atoms with Gasteiger partial charge in [0.25, 0.3) is 5.91 Å². The minimum atomic E-state index is -1.03. The number of ether oxygens (including phenoxy) is 1. The fourth-order valence-electron chi connectivity index (χ4n) is 2.17. The van der Waals surface area contributed by atoms with Crippen LogP contribution in [-0.2, 0) is 0 Å². The van der Waals surface area contributed by atoms with E-state index in [2.05, 4.69) is 10.3 Å². The Kier molecular flexibility index (Phi) is 4.75. The third kappa shape index (κ3) is 3.88. The molecule has 24 heavy (non-hydrogen) atoms. The number of amides is 1. The summed E-state index contributed by atoms with van der Waals surface area (Å²) in [4.78, 5) is 15.9. The molecule has 3 rings (SSSR count). The number of aliphatic hydroxyl groups is 1. The molecule has 1 unspecified atom stereocenters. The first-order chi connectivity index (χ1) is 11.5. The maximum atomic E-state index is 13.0. The highest BCUT2D eigenvalue weighted by atomic mass is 19.2. The molecule has 2 N–H and O–H groups in total. The normalized spacial score (nSPS) is 15.1. The van der Waals surface area contributed by atoms with Crippen LogP contribution in [0.5, 0.6) is 5.75 Å². The Labute approximate surface area is 136 Å². The number of carbonyl (C=O) groups excluding carboxylic acids is 1. The lowest BCUT2D eigenvalue weighted by atomic mass is 10.2. The highest BCUT2D eigenvalue weighted by molar-refractivity contribution is 5.93. The third-order valence-electron chi connectivity index (χ3n) is 3.59. The third-order valence-corrected chi connectivity index (χ3v) is 3.59. The molecule has 0 radical (unpaired) electrons. The zero-order valence-electron chi connectivity index (χ0n) is 12.7. The van der Waals surface area contributed by atoms with Crippen molar-refractivity contribution in [2.75, 3.05) is 13.2 Å². The van der Waals surface area contributed by atoms with Crippen LogP contribution in [0, 0.1) is 11.6 Å². The second kappa shape index (κ2) is 6.96. The summed E-state index contributed by atoms with van der Waals surface area (Å²) in [7, 11) is 0. The Bertz CT molecular complexity index is 731. The van der Waals surface area contributed by atoms with Crippen molar-refractivity contribution in [1.82, 2.24) is 10.3 Å². The zero-order valence-corrected chi connectivity index (χ0v) is 12.7. The molecule has 6 nitrogen and oxygen atoms in total. The van der Waals surface area contributed by atoms with Gasteiger partial charge in [-0.15, -0.1) is 0 Å². The first kappa shape index (κ1) is 16.4. The van der Waals surface area contributed by atoms with Crippen molar-refractivity contribution in [3.05, 3.63) is 47.7 Å². The van der Waals surface area contributed by atoms with Gasteiger partial charge in [0.05, 0.1) is 0 Å². The Hall–Kier alpha value is -2.48. The van der Waals surface area contributed by atoms with E-state index < -0.39 is 23.6 Å². The SMILES string of the molecule is O=C(NCC(O)COc1ccc(F)c(F)c1)c1ncoc1C1CC1. The average molecular weight is 338 g/mol. The smallest absolute Gasteiger partial charge is 0.273 e. The van der Waals surface area contributed by atoms with E-state index in [1.165, 1.54) is 12.5 Å². The monoisotopic (exact) mass is 338 g/mol. The van der Waals surface area contributed by atoms with E-state index >= 15 is 0 Å². The van der Waals surface area contributed by atoms with Gasteiger partial charge in [-0.05, 0) is 25.0 Å². The number of hydrogen-bond acceptors (Lipinski definition) is 5. The summed E-state index contributed by atoms with van der Waals surface area (Å²) in [5.41, 5.74) is 0.228. The average Bonchev–Trinajstić information content (AvgIpc) is 3.30. The van der Waals surface area contributed by atoms with Gasteiger partial charge in [0.15, 0.2) is 23.7 Å². The second-order valence-electron chi connectivity index (χ2n) is 5.59. The molecule has 1 saturated carbocycles. The largest absolute Gasteiger partial charge is 0.491 e. The first-order valence-corrected chi connectivity index (χ1v) is 7.52. The quantitative estimate of drug-likeness (QED) is 0.807. The summed E-state index contributed by atoms with van der Waals surface area (Å²) in [6.07, 6.45) is 2.16. The van der Waals surface area contributed by atoms with Crippen molar-refractivity contribution in [1.29, 1.82) is 0 Å². The highest BCUT2D eigenvalue weighted by Gasteiger charge is 2.32. The van der Waals surface area contributed by atoms with Crippen molar-refractivity contribution in [2.45, 2.75) is 24.9 Å². The van der Waals surface area contributed by atoms with Gasteiger partial charge >= 0.3 is 0 Å². The van der Waals surface area contributed by atoms with Gasteiger partial charge in [-0.25, -0.2) is 13.8 Å². The van der Waals surface area contributed by atoms with E-state index in [9.17, 15) is 18.7 Å². The topological polar surface area (TPSA) is 84.6 Å². The number of nitrogens with zero attached hydrogens (tertiary/aromatic N) is 1. The Morgan fingerprint density at radius 2 is 2.21 bits per heavy atom. The zero-order chi connectivity index (χ0) is 17.1. The lowest BCUT2D eigenvalue weighted by Gasteiger charge is -2.13. The summed E-state index contributed by atoms with van der Waals surface area (Å²) in [6.45, 7) is -0.251. The van der Waals surface area contributed by atoms with Crippen LogP contribution < -0.4 is 10.1 Å². The van der Waals surface area contributed by atoms with Gasteiger partial charge in [-0.3, -0.25) is 4.79 Å². The molecule has 1 aromatic heterocycles. The van der Waals surface area contributed by atoms with Crippen LogP contribution in [0.25, 0.3) is 0 Å². The first-order valence-electron chi connectivity index (χ1n) is 7.52. The van der Waals surface area contributed by atoms with Crippen LogP contribution in [0.3, 0.4) is 0 Å². The van der Waals surface area contributed by atoms with Crippen LogP contribution in [0.1, 0.15) is 35.0 Å². The molecular weight excluding hydrogens is 322 g/mol. The van der Waals surface area contributed by atoms with E-state index in [1.807, 2.05) is 0 Å². The number of hydrogen-bond donors (Lipinski definition) is 2. The molecule has 1 heterocycles. The molecule has 0 aliphatic heterocycles. The highest BCUT2D eigenvalue weighted by Crippen LogP contribution is 2.41. The minimum absolute atomic E-state index is 0.0700. The van der Waals surface area contributed by atoms with E-state index in [4.69, 9.17) is 9.15 Å². The van der Waals surface area contributed by atoms with Crippen molar-refractivity contribution in [3.8, 4) is 5.75 Å². The van der Waals surface area contributed by atoms with Gasteiger partial charge in [-0.1, -0.05) is 0 Å². The number of nitrogens with one attached hydrogen (secondary N) is 1. The summed E-state index contributed by atoms with van der Waals surface area (Å²) in [5.74, 6) is -1.54. The van der Waals surface area contributed by atoms with Gasteiger partial charge in [0, 0.05) is 18.5 Å². The summed E-state index contributed by atoms with van der Waals surface area (Å²) in [5, 5.41) is 12.4. The van der Waals surface area contributed by atoms with Gasteiger partial charge in [-0.2, -0.15) is 0 Å². The number of benzene rings is 1. The number of halogens is 2. The van der Waals surface area contributed by atoms with E-state index in [0.717, 1.165) is 25.0 Å². The van der Waals surface area contributed by atoms with Crippen molar-refractivity contribution >= 4 is 5.91 Å². The van der Waals surface area contributed by atoms with E-state index in [-0.39, 0.29) is 30.5 Å². The summed E-state index contributed by atoms with van der Waals surface area (Å²) >= 11 is 0. The van der Waals surface area contributed by atoms with Crippen LogP contribution in [0.2, 0.25) is 0 Å². The Morgan fingerprint density at radius 3 is 2.92 bits per heavy atom. The maximum absolute atomic E-state index is 13.0. The standard InChI is InChI=1S/C16H16F2N2O4/c17-12-4-3-11(5-13(12)18)23-7-10(21)6-19-16(22)14-15(9-1-2-9)24-8-20-14/h3-5,8-10,21H,1-2,6-7H2,(H,19,22).